The lowest BCUT2D eigenvalue weighted by atomic mass is 10.1. The summed E-state index contributed by atoms with van der Waals surface area (Å²) < 4.78 is 16.6. The molecule has 0 fully saturated rings. The van der Waals surface area contributed by atoms with Crippen LogP contribution in [0.2, 0.25) is 0 Å². The SMILES string of the molecule is CC/C=C\C/C=C\CCCCC(=O)OCC(COC(=O)CCCCCCCCC/C=C\C/C=C\CCCCC)OC(=O)CCCCCCCCCCCC. The minimum atomic E-state index is -0.783. The molecule has 312 valence electrons. The van der Waals surface area contributed by atoms with Crippen molar-refractivity contribution < 1.29 is 28.6 Å². The molecule has 6 nitrogen and oxygen atoms in total. The summed E-state index contributed by atoms with van der Waals surface area (Å²) in [5.74, 6) is -0.934. The normalized spacial score (nSPS) is 12.4. The Labute approximate surface area is 333 Å². The Morgan fingerprint density at radius 1 is 0.389 bits per heavy atom. The highest BCUT2D eigenvalue weighted by Gasteiger charge is 2.19. The lowest BCUT2D eigenvalue weighted by Crippen LogP contribution is -2.30. The van der Waals surface area contributed by atoms with Gasteiger partial charge in [-0.3, -0.25) is 14.4 Å². The van der Waals surface area contributed by atoms with Gasteiger partial charge in [-0.1, -0.05) is 172 Å². The second-order valence-electron chi connectivity index (χ2n) is 14.9. The number of carbonyl (C=O) groups is 3. The van der Waals surface area contributed by atoms with Crippen LogP contribution in [0, 0.1) is 0 Å². The van der Waals surface area contributed by atoms with Crippen LogP contribution in [0.3, 0.4) is 0 Å². The van der Waals surface area contributed by atoms with Crippen molar-refractivity contribution in [3.05, 3.63) is 48.6 Å². The molecule has 6 heteroatoms. The van der Waals surface area contributed by atoms with Crippen LogP contribution >= 0.6 is 0 Å². The molecule has 0 saturated carbocycles. The molecule has 0 aliphatic rings. The van der Waals surface area contributed by atoms with Gasteiger partial charge in [0.05, 0.1) is 0 Å². The van der Waals surface area contributed by atoms with Gasteiger partial charge < -0.3 is 14.2 Å². The number of hydrogen-bond acceptors (Lipinski definition) is 6. The van der Waals surface area contributed by atoms with Gasteiger partial charge in [-0.2, -0.15) is 0 Å². The Balaban J connectivity index is 4.33. The number of esters is 3. The van der Waals surface area contributed by atoms with Crippen LogP contribution in [0.25, 0.3) is 0 Å². The van der Waals surface area contributed by atoms with Gasteiger partial charge in [0.2, 0.25) is 0 Å². The van der Waals surface area contributed by atoms with Crippen molar-refractivity contribution in [3.8, 4) is 0 Å². The summed E-state index contributed by atoms with van der Waals surface area (Å²) in [6.45, 7) is 6.43. The molecule has 0 aliphatic carbocycles. The molecule has 0 spiro atoms. The largest absolute Gasteiger partial charge is 0.462 e. The molecule has 0 amide bonds. The van der Waals surface area contributed by atoms with E-state index >= 15 is 0 Å². The van der Waals surface area contributed by atoms with Gasteiger partial charge in [-0.25, -0.2) is 0 Å². The summed E-state index contributed by atoms with van der Waals surface area (Å²) in [5.41, 5.74) is 0. The first kappa shape index (κ1) is 51.4. The third kappa shape index (κ3) is 40.6. The summed E-state index contributed by atoms with van der Waals surface area (Å²) in [7, 11) is 0. The molecule has 0 heterocycles. The smallest absolute Gasteiger partial charge is 0.306 e. The fraction of sp³-hybridized carbons (Fsp3) is 0.771. The predicted octanol–water partition coefficient (Wildman–Crippen LogP) is 14.4. The van der Waals surface area contributed by atoms with Crippen molar-refractivity contribution in [3.63, 3.8) is 0 Å². The topological polar surface area (TPSA) is 78.9 Å². The van der Waals surface area contributed by atoms with Crippen molar-refractivity contribution in [2.75, 3.05) is 13.2 Å². The van der Waals surface area contributed by atoms with Crippen LogP contribution in [0.1, 0.15) is 220 Å². The molecule has 0 bridgehead atoms. The monoisotopic (exact) mass is 757 g/mol. The molecule has 0 aromatic carbocycles. The zero-order valence-electron chi connectivity index (χ0n) is 35.5. The van der Waals surface area contributed by atoms with Gasteiger partial charge in [0.15, 0.2) is 6.10 Å². The molecule has 1 unspecified atom stereocenters. The fourth-order valence-electron chi connectivity index (χ4n) is 6.16. The third-order valence-electron chi connectivity index (χ3n) is 9.57. The molecular weight excluding hydrogens is 673 g/mol. The molecule has 0 radical (unpaired) electrons. The lowest BCUT2D eigenvalue weighted by molar-refractivity contribution is -0.167. The van der Waals surface area contributed by atoms with Gasteiger partial charge in [0, 0.05) is 19.3 Å². The summed E-state index contributed by atoms with van der Waals surface area (Å²) >= 11 is 0. The van der Waals surface area contributed by atoms with Gasteiger partial charge in [0.1, 0.15) is 13.2 Å². The van der Waals surface area contributed by atoms with Crippen LogP contribution in [0.15, 0.2) is 48.6 Å². The lowest BCUT2D eigenvalue weighted by Gasteiger charge is -2.18. The molecular formula is C48H84O6. The highest BCUT2D eigenvalue weighted by atomic mass is 16.6. The van der Waals surface area contributed by atoms with E-state index in [9.17, 15) is 14.4 Å². The number of unbranched alkanes of at least 4 members (excludes halogenated alkanes) is 21. The van der Waals surface area contributed by atoms with Crippen molar-refractivity contribution in [2.24, 2.45) is 0 Å². The van der Waals surface area contributed by atoms with Gasteiger partial charge in [-0.15, -0.1) is 0 Å². The molecule has 0 N–H and O–H groups in total. The number of rotatable bonds is 40. The van der Waals surface area contributed by atoms with E-state index in [0.29, 0.717) is 19.3 Å². The minimum absolute atomic E-state index is 0.0865. The summed E-state index contributed by atoms with van der Waals surface area (Å²) in [6, 6.07) is 0. The van der Waals surface area contributed by atoms with Crippen molar-refractivity contribution >= 4 is 17.9 Å². The summed E-state index contributed by atoms with van der Waals surface area (Å²) in [4.78, 5) is 37.6. The molecule has 1 atom stereocenters. The van der Waals surface area contributed by atoms with Crippen LogP contribution in [-0.4, -0.2) is 37.2 Å². The fourth-order valence-corrected chi connectivity index (χ4v) is 6.16. The van der Waals surface area contributed by atoms with E-state index in [1.54, 1.807) is 0 Å². The maximum absolute atomic E-state index is 12.7. The maximum atomic E-state index is 12.7. The number of allylic oxidation sites excluding steroid dienone is 8. The van der Waals surface area contributed by atoms with Crippen molar-refractivity contribution in [2.45, 2.75) is 226 Å². The summed E-state index contributed by atoms with van der Waals surface area (Å²) in [6.07, 6.45) is 49.6. The Kier molecular flexibility index (Phi) is 41.0. The average Bonchev–Trinajstić information content (AvgIpc) is 3.17. The highest BCUT2D eigenvalue weighted by molar-refractivity contribution is 5.71. The van der Waals surface area contributed by atoms with E-state index in [1.807, 2.05) is 0 Å². The molecule has 0 aliphatic heterocycles. The zero-order chi connectivity index (χ0) is 39.4. The van der Waals surface area contributed by atoms with Crippen molar-refractivity contribution in [1.82, 2.24) is 0 Å². The minimum Gasteiger partial charge on any atom is -0.462 e. The average molecular weight is 757 g/mol. The third-order valence-corrected chi connectivity index (χ3v) is 9.57. The van der Waals surface area contributed by atoms with E-state index in [4.69, 9.17) is 14.2 Å². The Morgan fingerprint density at radius 3 is 1.19 bits per heavy atom. The van der Waals surface area contributed by atoms with Gasteiger partial charge in [0.25, 0.3) is 0 Å². The van der Waals surface area contributed by atoms with Crippen LogP contribution in [0.5, 0.6) is 0 Å². The van der Waals surface area contributed by atoms with Crippen molar-refractivity contribution in [1.29, 1.82) is 0 Å². The van der Waals surface area contributed by atoms with Crippen LogP contribution in [-0.2, 0) is 28.6 Å². The van der Waals surface area contributed by atoms with E-state index < -0.39 is 6.10 Å². The standard InChI is InChI=1S/C48H84O6/c1-4-7-10-13-16-19-21-22-23-24-25-26-27-30-32-35-38-41-47(50)53-44-45(43-52-46(49)40-37-34-31-28-18-15-12-9-6-3)54-48(51)42-39-36-33-29-20-17-14-11-8-5-2/h9,12,16,18-19,22-23,28,45H,4-8,10-11,13-15,17,20-21,24-27,29-44H2,1-3H3/b12-9-,19-16-,23-22-,28-18-. The number of carbonyl (C=O) groups excluding carboxylic acids is 3. The number of hydrogen-bond donors (Lipinski definition) is 0. The molecule has 54 heavy (non-hydrogen) atoms. The maximum Gasteiger partial charge on any atom is 0.306 e. The van der Waals surface area contributed by atoms with Crippen LogP contribution in [0.4, 0.5) is 0 Å². The second kappa shape index (κ2) is 43.1. The first-order valence-corrected chi connectivity index (χ1v) is 22.6. The Bertz CT molecular complexity index is 964. The van der Waals surface area contributed by atoms with E-state index in [1.165, 1.54) is 96.3 Å². The second-order valence-corrected chi connectivity index (χ2v) is 14.9. The van der Waals surface area contributed by atoms with Gasteiger partial charge in [-0.05, 0) is 77.0 Å². The van der Waals surface area contributed by atoms with E-state index in [-0.39, 0.29) is 31.1 Å². The number of ether oxygens (including phenoxy) is 3. The Hall–Kier alpha value is -2.63. The zero-order valence-corrected chi connectivity index (χ0v) is 35.5. The molecule has 0 aromatic heterocycles. The highest BCUT2D eigenvalue weighted by Crippen LogP contribution is 2.14. The summed E-state index contributed by atoms with van der Waals surface area (Å²) in [5, 5.41) is 0. The van der Waals surface area contributed by atoms with E-state index in [2.05, 4.69) is 69.4 Å². The first-order chi connectivity index (χ1) is 26.5. The Morgan fingerprint density at radius 2 is 0.722 bits per heavy atom. The quantitative estimate of drug-likeness (QED) is 0.0268. The predicted molar refractivity (Wildman–Crippen MR) is 229 cm³/mol. The molecule has 0 aromatic rings. The van der Waals surface area contributed by atoms with Crippen LogP contribution < -0.4 is 0 Å². The first-order valence-electron chi connectivity index (χ1n) is 22.6. The molecule has 0 saturated heterocycles. The van der Waals surface area contributed by atoms with Gasteiger partial charge >= 0.3 is 17.9 Å². The van der Waals surface area contributed by atoms with E-state index in [0.717, 1.165) is 83.5 Å². The molecule has 0 rings (SSSR count).